The van der Waals surface area contributed by atoms with Gasteiger partial charge in [0, 0.05) is 11.1 Å². The van der Waals surface area contributed by atoms with Gasteiger partial charge < -0.3 is 5.11 Å². The van der Waals surface area contributed by atoms with E-state index in [1.807, 2.05) is 36.4 Å². The first kappa shape index (κ1) is 20.3. The second kappa shape index (κ2) is 7.17. The van der Waals surface area contributed by atoms with Crippen LogP contribution in [0.5, 0.6) is 5.75 Å². The lowest BCUT2D eigenvalue weighted by Crippen LogP contribution is -2.17. The normalized spacial score (nSPS) is 12.2. The van der Waals surface area contributed by atoms with Crippen LogP contribution in [0.2, 0.25) is 5.28 Å². The van der Waals surface area contributed by atoms with E-state index in [0.29, 0.717) is 17.2 Å². The summed E-state index contributed by atoms with van der Waals surface area (Å²) in [5.74, 6) is 1.03. The van der Waals surface area contributed by atoms with Crippen LogP contribution in [0.1, 0.15) is 52.7 Å². The highest BCUT2D eigenvalue weighted by Gasteiger charge is 2.26. The fourth-order valence-electron chi connectivity index (χ4n) is 3.00. The van der Waals surface area contributed by atoms with Crippen LogP contribution in [0.4, 0.5) is 0 Å². The third kappa shape index (κ3) is 4.17. The van der Waals surface area contributed by atoms with Crippen molar-refractivity contribution in [1.29, 1.82) is 0 Å². The van der Waals surface area contributed by atoms with Crippen LogP contribution < -0.4 is 0 Å². The zero-order valence-electron chi connectivity index (χ0n) is 17.2. The van der Waals surface area contributed by atoms with Crippen molar-refractivity contribution in [3.8, 4) is 28.5 Å². The number of rotatable bonds is 2. The average Bonchev–Trinajstić information content (AvgIpc) is 2.60. The Morgan fingerprint density at radius 3 is 1.96 bits per heavy atom. The molecule has 0 aliphatic heterocycles. The zero-order valence-corrected chi connectivity index (χ0v) is 18.0. The molecule has 1 aromatic heterocycles. The third-order valence-electron chi connectivity index (χ3n) is 4.66. The molecule has 0 fully saturated rings. The van der Waals surface area contributed by atoms with Gasteiger partial charge in [0.05, 0.1) is 5.56 Å². The minimum atomic E-state index is -0.237. The van der Waals surface area contributed by atoms with Gasteiger partial charge in [-0.3, -0.25) is 0 Å². The Morgan fingerprint density at radius 2 is 1.39 bits per heavy atom. The van der Waals surface area contributed by atoms with Gasteiger partial charge in [0.15, 0.2) is 11.6 Å². The molecule has 0 aliphatic rings. The van der Waals surface area contributed by atoms with Crippen molar-refractivity contribution in [1.82, 2.24) is 15.0 Å². The van der Waals surface area contributed by atoms with Gasteiger partial charge in [-0.25, -0.2) is 4.98 Å². The van der Waals surface area contributed by atoms with Gasteiger partial charge in [-0.1, -0.05) is 77.9 Å². The molecular formula is C23H26ClN3O. The van der Waals surface area contributed by atoms with Gasteiger partial charge >= 0.3 is 0 Å². The molecule has 28 heavy (non-hydrogen) atoms. The average molecular weight is 396 g/mol. The number of halogens is 1. The highest BCUT2D eigenvalue weighted by molar-refractivity contribution is 6.28. The molecule has 0 saturated carbocycles. The van der Waals surface area contributed by atoms with E-state index < -0.39 is 0 Å². The number of hydrogen-bond donors (Lipinski definition) is 1. The molecule has 1 heterocycles. The smallest absolute Gasteiger partial charge is 0.226 e. The molecule has 4 nitrogen and oxygen atoms in total. The number of phenolic OH excluding ortho intramolecular Hbond substituents is 1. The van der Waals surface area contributed by atoms with Crippen molar-refractivity contribution < 1.29 is 5.11 Å². The first-order chi connectivity index (χ1) is 13.0. The maximum absolute atomic E-state index is 11.1. The number of hydrogen-bond acceptors (Lipinski definition) is 4. The molecular weight excluding hydrogens is 370 g/mol. The lowest BCUT2D eigenvalue weighted by Gasteiger charge is -2.27. The fraction of sp³-hybridized carbons (Fsp3) is 0.348. The molecule has 3 aromatic rings. The molecule has 0 saturated heterocycles. The number of phenols is 1. The summed E-state index contributed by atoms with van der Waals surface area (Å²) < 4.78 is 0. The van der Waals surface area contributed by atoms with Crippen LogP contribution in [-0.4, -0.2) is 20.1 Å². The Balaban J connectivity index is 2.28. The molecule has 0 aliphatic carbocycles. The fourth-order valence-corrected chi connectivity index (χ4v) is 3.16. The zero-order chi connectivity index (χ0) is 20.7. The highest BCUT2D eigenvalue weighted by Crippen LogP contribution is 2.41. The molecule has 146 valence electrons. The monoisotopic (exact) mass is 395 g/mol. The summed E-state index contributed by atoms with van der Waals surface area (Å²) in [6.07, 6.45) is 0. The second-order valence-corrected chi connectivity index (χ2v) is 9.38. The molecule has 0 spiro atoms. The highest BCUT2D eigenvalue weighted by atomic mass is 35.5. The van der Waals surface area contributed by atoms with E-state index in [4.69, 9.17) is 11.6 Å². The van der Waals surface area contributed by atoms with Crippen molar-refractivity contribution in [2.45, 2.75) is 52.4 Å². The summed E-state index contributed by atoms with van der Waals surface area (Å²) in [7, 11) is 0. The number of aromatic hydroxyl groups is 1. The second-order valence-electron chi connectivity index (χ2n) is 9.04. The van der Waals surface area contributed by atoms with E-state index >= 15 is 0 Å². The van der Waals surface area contributed by atoms with Gasteiger partial charge in [0.2, 0.25) is 5.28 Å². The van der Waals surface area contributed by atoms with Gasteiger partial charge in [-0.05, 0) is 34.1 Å². The van der Waals surface area contributed by atoms with Crippen LogP contribution in [0.3, 0.4) is 0 Å². The summed E-state index contributed by atoms with van der Waals surface area (Å²) in [6, 6.07) is 13.6. The molecule has 3 rings (SSSR count). The lowest BCUT2D eigenvalue weighted by molar-refractivity contribution is 0.446. The topological polar surface area (TPSA) is 58.9 Å². The van der Waals surface area contributed by atoms with Crippen molar-refractivity contribution in [2.75, 3.05) is 0 Å². The number of benzene rings is 2. The van der Waals surface area contributed by atoms with E-state index in [-0.39, 0.29) is 21.9 Å². The van der Waals surface area contributed by atoms with E-state index in [1.165, 1.54) is 0 Å². The van der Waals surface area contributed by atoms with E-state index in [2.05, 4.69) is 62.6 Å². The SMILES string of the molecule is CC(C)(C)c1cc(-c2nc(Cl)nc(-c3ccccc3)n2)c(O)c(C(C)(C)C)c1. The summed E-state index contributed by atoms with van der Waals surface area (Å²) in [4.78, 5) is 13.2. The minimum absolute atomic E-state index is 0.0957. The van der Waals surface area contributed by atoms with Crippen molar-refractivity contribution in [3.05, 3.63) is 58.9 Å². The Labute approximate surface area is 171 Å². The van der Waals surface area contributed by atoms with Crippen LogP contribution in [0.15, 0.2) is 42.5 Å². The van der Waals surface area contributed by atoms with Gasteiger partial charge in [0.1, 0.15) is 5.75 Å². The maximum Gasteiger partial charge on any atom is 0.226 e. The number of aromatic nitrogens is 3. The Kier molecular flexibility index (Phi) is 5.20. The van der Waals surface area contributed by atoms with Crippen LogP contribution in [0.25, 0.3) is 22.8 Å². The molecule has 0 bridgehead atoms. The summed E-state index contributed by atoms with van der Waals surface area (Å²) >= 11 is 6.22. The molecule has 0 amide bonds. The minimum Gasteiger partial charge on any atom is -0.507 e. The molecule has 0 unspecified atom stereocenters. The number of nitrogens with zero attached hydrogens (tertiary/aromatic N) is 3. The summed E-state index contributed by atoms with van der Waals surface area (Å²) in [6.45, 7) is 12.7. The quantitative estimate of drug-likeness (QED) is 0.564. The van der Waals surface area contributed by atoms with E-state index in [0.717, 1.165) is 16.7 Å². The Morgan fingerprint density at radius 1 is 0.786 bits per heavy atom. The third-order valence-corrected chi connectivity index (χ3v) is 4.83. The molecule has 0 radical (unpaired) electrons. The predicted octanol–water partition coefficient (Wildman–Crippen LogP) is 6.16. The predicted molar refractivity (Wildman–Crippen MR) is 115 cm³/mol. The van der Waals surface area contributed by atoms with Crippen molar-refractivity contribution in [2.24, 2.45) is 0 Å². The van der Waals surface area contributed by atoms with Crippen LogP contribution in [0, 0.1) is 0 Å². The first-order valence-electron chi connectivity index (χ1n) is 9.32. The molecule has 0 atom stereocenters. The first-order valence-corrected chi connectivity index (χ1v) is 9.70. The van der Waals surface area contributed by atoms with Crippen molar-refractivity contribution in [3.63, 3.8) is 0 Å². The van der Waals surface area contributed by atoms with Gasteiger partial charge in [-0.15, -0.1) is 0 Å². The van der Waals surface area contributed by atoms with Crippen molar-refractivity contribution >= 4 is 11.6 Å². The largest absolute Gasteiger partial charge is 0.507 e. The maximum atomic E-state index is 11.1. The lowest BCUT2D eigenvalue weighted by atomic mass is 9.79. The molecule has 1 N–H and O–H groups in total. The van der Waals surface area contributed by atoms with E-state index in [1.54, 1.807) is 0 Å². The molecule has 5 heteroatoms. The summed E-state index contributed by atoms with van der Waals surface area (Å²) in [5.41, 5.74) is 3.03. The Bertz CT molecular complexity index is 1000. The van der Waals surface area contributed by atoms with E-state index in [9.17, 15) is 5.11 Å². The molecule has 2 aromatic carbocycles. The Hall–Kier alpha value is -2.46. The van der Waals surface area contributed by atoms with Crippen LogP contribution in [-0.2, 0) is 10.8 Å². The summed E-state index contributed by atoms with van der Waals surface area (Å²) in [5, 5.41) is 11.2. The standard InChI is InChI=1S/C23H26ClN3O/c1-22(2,3)15-12-16(18(28)17(13-15)23(4,5)6)20-25-19(26-21(24)27-20)14-10-8-7-9-11-14/h7-13,28H,1-6H3. The van der Waals surface area contributed by atoms with Gasteiger partial charge in [-0.2, -0.15) is 9.97 Å². The van der Waals surface area contributed by atoms with Gasteiger partial charge in [0.25, 0.3) is 0 Å². The van der Waals surface area contributed by atoms with Crippen LogP contribution >= 0.6 is 11.6 Å².